The van der Waals surface area contributed by atoms with Gasteiger partial charge in [-0.25, -0.2) is 0 Å². The predicted octanol–water partition coefficient (Wildman–Crippen LogP) is 3.70. The second-order valence-corrected chi connectivity index (χ2v) is 7.37. The predicted molar refractivity (Wildman–Crippen MR) is 106 cm³/mol. The van der Waals surface area contributed by atoms with Gasteiger partial charge >= 0.3 is 0 Å². The van der Waals surface area contributed by atoms with Crippen molar-refractivity contribution >= 4 is 64.1 Å². The van der Waals surface area contributed by atoms with Crippen LogP contribution in [0.2, 0.25) is 5.02 Å². The van der Waals surface area contributed by atoms with Gasteiger partial charge in [0.2, 0.25) is 0 Å². The SMILES string of the molecule is O=Cc1ccc(/C=C2/SC(=S)N(NC(=O)c3cccc(Cl)c3)C2=O)cc1. The second kappa shape index (κ2) is 7.82. The number of benzene rings is 2. The van der Waals surface area contributed by atoms with Crippen molar-refractivity contribution in [1.29, 1.82) is 0 Å². The highest BCUT2D eigenvalue weighted by Gasteiger charge is 2.33. The molecule has 3 rings (SSSR count). The molecule has 1 aliphatic rings. The Labute approximate surface area is 164 Å². The fraction of sp³-hybridized carbons (Fsp3) is 0. The summed E-state index contributed by atoms with van der Waals surface area (Å²) in [4.78, 5) is 35.9. The van der Waals surface area contributed by atoms with E-state index >= 15 is 0 Å². The number of hydrazine groups is 1. The van der Waals surface area contributed by atoms with Crippen molar-refractivity contribution in [2.75, 3.05) is 0 Å². The number of thiocarbonyl (C=S) groups is 1. The van der Waals surface area contributed by atoms with Gasteiger partial charge in [-0.05, 0) is 42.1 Å². The summed E-state index contributed by atoms with van der Waals surface area (Å²) < 4.78 is 0.223. The molecule has 8 heteroatoms. The van der Waals surface area contributed by atoms with Crippen LogP contribution < -0.4 is 5.43 Å². The lowest BCUT2D eigenvalue weighted by molar-refractivity contribution is -0.123. The van der Waals surface area contributed by atoms with Gasteiger partial charge in [-0.3, -0.25) is 19.8 Å². The number of nitrogens with zero attached hydrogens (tertiary/aromatic N) is 1. The Hall–Kier alpha value is -2.48. The van der Waals surface area contributed by atoms with Crippen LogP contribution in [-0.2, 0) is 4.79 Å². The first kappa shape index (κ1) is 18.3. The third kappa shape index (κ3) is 4.01. The number of carbonyl (C=O) groups is 3. The Balaban J connectivity index is 1.76. The molecule has 1 aliphatic heterocycles. The number of thioether (sulfide) groups is 1. The van der Waals surface area contributed by atoms with Gasteiger partial charge in [0.15, 0.2) is 4.32 Å². The molecule has 5 nitrogen and oxygen atoms in total. The molecular weight excluding hydrogens is 392 g/mol. The monoisotopic (exact) mass is 402 g/mol. The van der Waals surface area contributed by atoms with Crippen LogP contribution in [0.4, 0.5) is 0 Å². The summed E-state index contributed by atoms with van der Waals surface area (Å²) in [5, 5.41) is 1.45. The summed E-state index contributed by atoms with van der Waals surface area (Å²) in [6.45, 7) is 0. The Morgan fingerprint density at radius 3 is 2.50 bits per heavy atom. The average Bonchev–Trinajstić information content (AvgIpc) is 2.89. The molecule has 0 bridgehead atoms. The first-order valence-electron chi connectivity index (χ1n) is 7.37. The number of hydrogen-bond acceptors (Lipinski definition) is 5. The van der Waals surface area contributed by atoms with Crippen LogP contribution in [-0.4, -0.2) is 27.4 Å². The minimum atomic E-state index is -0.486. The van der Waals surface area contributed by atoms with Crippen LogP contribution >= 0.6 is 35.6 Å². The molecule has 2 amide bonds. The number of aldehydes is 1. The van der Waals surface area contributed by atoms with Crippen LogP contribution in [0.1, 0.15) is 26.3 Å². The Bertz CT molecular complexity index is 942. The van der Waals surface area contributed by atoms with E-state index in [1.54, 1.807) is 48.5 Å². The molecule has 0 aromatic heterocycles. The van der Waals surface area contributed by atoms with Crippen molar-refractivity contribution in [2.24, 2.45) is 0 Å². The fourth-order valence-corrected chi connectivity index (χ4v) is 3.55. The Morgan fingerprint density at radius 1 is 1.15 bits per heavy atom. The van der Waals surface area contributed by atoms with Gasteiger partial charge < -0.3 is 0 Å². The van der Waals surface area contributed by atoms with Crippen molar-refractivity contribution in [3.63, 3.8) is 0 Å². The minimum Gasteiger partial charge on any atom is -0.298 e. The summed E-state index contributed by atoms with van der Waals surface area (Å²) in [6, 6.07) is 13.1. The largest absolute Gasteiger partial charge is 0.298 e. The summed E-state index contributed by atoms with van der Waals surface area (Å²) in [7, 11) is 0. The molecule has 0 atom stereocenters. The Kier molecular flexibility index (Phi) is 5.51. The van der Waals surface area contributed by atoms with Crippen LogP contribution in [0, 0.1) is 0 Å². The molecular formula is C18H11ClN2O3S2. The highest BCUT2D eigenvalue weighted by molar-refractivity contribution is 8.26. The zero-order valence-electron chi connectivity index (χ0n) is 13.1. The standard InChI is InChI=1S/C18H11ClN2O3S2/c19-14-3-1-2-13(9-14)16(23)20-21-17(24)15(26-18(21)25)8-11-4-6-12(10-22)7-5-11/h1-10H,(H,20,23)/b15-8+. The van der Waals surface area contributed by atoms with Crippen molar-refractivity contribution in [3.05, 3.63) is 75.1 Å². The lowest BCUT2D eigenvalue weighted by Crippen LogP contribution is -2.44. The van der Waals surface area contributed by atoms with Gasteiger partial charge in [0.1, 0.15) is 6.29 Å². The maximum Gasteiger partial charge on any atom is 0.285 e. The van der Waals surface area contributed by atoms with E-state index in [1.165, 1.54) is 6.07 Å². The molecule has 1 heterocycles. The maximum atomic E-state index is 12.5. The Morgan fingerprint density at radius 2 is 1.85 bits per heavy atom. The first-order valence-corrected chi connectivity index (χ1v) is 8.98. The van der Waals surface area contributed by atoms with Crippen molar-refractivity contribution in [3.8, 4) is 0 Å². The van der Waals surface area contributed by atoms with E-state index < -0.39 is 11.8 Å². The highest BCUT2D eigenvalue weighted by Crippen LogP contribution is 2.31. The van der Waals surface area contributed by atoms with Crippen molar-refractivity contribution < 1.29 is 14.4 Å². The van der Waals surface area contributed by atoms with Crippen molar-refractivity contribution in [2.45, 2.75) is 0 Å². The van der Waals surface area contributed by atoms with Crippen LogP contribution in [0.25, 0.3) is 6.08 Å². The van der Waals surface area contributed by atoms with Crippen LogP contribution in [0.15, 0.2) is 53.4 Å². The molecule has 2 aromatic rings. The number of halogens is 1. The summed E-state index contributed by atoms with van der Waals surface area (Å²) in [5.41, 5.74) is 4.10. The van der Waals surface area contributed by atoms with E-state index in [-0.39, 0.29) is 4.32 Å². The molecule has 0 saturated carbocycles. The van der Waals surface area contributed by atoms with E-state index in [0.29, 0.717) is 21.1 Å². The fourth-order valence-electron chi connectivity index (χ4n) is 2.18. The zero-order chi connectivity index (χ0) is 18.7. The topological polar surface area (TPSA) is 66.5 Å². The first-order chi connectivity index (χ1) is 12.5. The number of amides is 2. The maximum absolute atomic E-state index is 12.5. The molecule has 1 fully saturated rings. The molecule has 1 N–H and O–H groups in total. The van der Waals surface area contributed by atoms with Gasteiger partial charge in [-0.1, -0.05) is 53.7 Å². The molecule has 2 aromatic carbocycles. The lowest BCUT2D eigenvalue weighted by atomic mass is 10.1. The van der Waals surface area contributed by atoms with Gasteiger partial charge in [0, 0.05) is 16.1 Å². The lowest BCUT2D eigenvalue weighted by Gasteiger charge is -2.15. The highest BCUT2D eigenvalue weighted by atomic mass is 35.5. The number of hydrogen-bond donors (Lipinski definition) is 1. The number of rotatable bonds is 4. The molecule has 0 radical (unpaired) electrons. The van der Waals surface area contributed by atoms with Gasteiger partial charge in [0.05, 0.1) is 4.91 Å². The molecule has 0 spiro atoms. The molecule has 1 saturated heterocycles. The number of carbonyl (C=O) groups excluding carboxylic acids is 3. The van der Waals surface area contributed by atoms with E-state index in [9.17, 15) is 14.4 Å². The van der Waals surface area contributed by atoms with E-state index in [2.05, 4.69) is 5.43 Å². The summed E-state index contributed by atoms with van der Waals surface area (Å²) in [6.07, 6.45) is 2.40. The van der Waals surface area contributed by atoms with Crippen LogP contribution in [0.3, 0.4) is 0 Å². The molecule has 0 unspecified atom stereocenters. The normalized spacial score (nSPS) is 15.4. The van der Waals surface area contributed by atoms with Gasteiger partial charge in [-0.15, -0.1) is 0 Å². The molecule has 130 valence electrons. The third-order valence-corrected chi connectivity index (χ3v) is 5.00. The minimum absolute atomic E-state index is 0.223. The molecule has 0 aliphatic carbocycles. The summed E-state index contributed by atoms with van der Waals surface area (Å²) in [5.74, 6) is -0.907. The van der Waals surface area contributed by atoms with Crippen LogP contribution in [0.5, 0.6) is 0 Å². The zero-order valence-corrected chi connectivity index (χ0v) is 15.5. The van der Waals surface area contributed by atoms with Gasteiger partial charge in [0.25, 0.3) is 11.8 Å². The average molecular weight is 403 g/mol. The van der Waals surface area contributed by atoms with Gasteiger partial charge in [-0.2, -0.15) is 5.01 Å². The van der Waals surface area contributed by atoms with E-state index in [0.717, 1.165) is 28.6 Å². The third-order valence-electron chi connectivity index (χ3n) is 3.46. The second-order valence-electron chi connectivity index (χ2n) is 5.25. The molecule has 26 heavy (non-hydrogen) atoms. The van der Waals surface area contributed by atoms with E-state index in [1.807, 2.05) is 0 Å². The van der Waals surface area contributed by atoms with E-state index in [4.69, 9.17) is 23.8 Å². The quantitative estimate of drug-likeness (QED) is 0.480. The summed E-state index contributed by atoms with van der Waals surface area (Å²) >= 11 is 12.1. The smallest absolute Gasteiger partial charge is 0.285 e. The van der Waals surface area contributed by atoms with Crippen molar-refractivity contribution in [1.82, 2.24) is 10.4 Å². The number of nitrogens with one attached hydrogen (secondary N) is 1.